The van der Waals surface area contributed by atoms with Gasteiger partial charge in [-0.25, -0.2) is 5.01 Å². The van der Waals surface area contributed by atoms with Crippen molar-refractivity contribution in [2.45, 2.75) is 26.3 Å². The third-order valence-corrected chi connectivity index (χ3v) is 4.47. The van der Waals surface area contributed by atoms with E-state index in [-0.39, 0.29) is 17.9 Å². The van der Waals surface area contributed by atoms with Gasteiger partial charge in [0.1, 0.15) is 5.75 Å². The lowest BCUT2D eigenvalue weighted by molar-refractivity contribution is -0.132. The quantitative estimate of drug-likeness (QED) is 0.576. The number of carbonyl (C=O) groups is 2. The van der Waals surface area contributed by atoms with Gasteiger partial charge in [0.05, 0.1) is 11.8 Å². The molecule has 1 atom stereocenters. The highest BCUT2D eigenvalue weighted by Crippen LogP contribution is 2.35. The monoisotopic (exact) mass is 400 g/mol. The van der Waals surface area contributed by atoms with Gasteiger partial charge in [-0.15, -0.1) is 0 Å². The minimum atomic E-state index is -0.390. The van der Waals surface area contributed by atoms with Crippen molar-refractivity contribution in [3.8, 4) is 5.75 Å². The third kappa shape index (κ3) is 3.79. The summed E-state index contributed by atoms with van der Waals surface area (Å²) < 4.78 is 6.26. The molecule has 5 nitrogen and oxygen atoms in total. The summed E-state index contributed by atoms with van der Waals surface area (Å²) >= 11 is 3.42. The molecule has 6 heteroatoms. The van der Waals surface area contributed by atoms with E-state index in [4.69, 9.17) is 4.74 Å². The van der Waals surface area contributed by atoms with Crippen LogP contribution < -0.4 is 4.74 Å². The molecular weight excluding hydrogens is 384 g/mol. The van der Waals surface area contributed by atoms with Crippen molar-refractivity contribution in [3.05, 3.63) is 64.1 Å². The van der Waals surface area contributed by atoms with Crippen molar-refractivity contribution in [1.82, 2.24) is 5.01 Å². The number of hydrogen-bond acceptors (Lipinski definition) is 4. The molecule has 1 aliphatic heterocycles. The fraction of sp³-hybridized carbons (Fsp3) is 0.211. The first kappa shape index (κ1) is 17.4. The first-order chi connectivity index (χ1) is 12.0. The molecule has 0 radical (unpaired) electrons. The topological polar surface area (TPSA) is 59.0 Å². The van der Waals surface area contributed by atoms with Crippen molar-refractivity contribution >= 4 is 33.5 Å². The number of hydrogen-bond donors (Lipinski definition) is 0. The fourth-order valence-corrected chi connectivity index (χ4v) is 3.12. The van der Waals surface area contributed by atoms with Crippen LogP contribution >= 0.6 is 15.9 Å². The summed E-state index contributed by atoms with van der Waals surface area (Å²) in [6.07, 6.45) is 0.555. The van der Waals surface area contributed by atoms with E-state index in [0.717, 1.165) is 21.3 Å². The average molecular weight is 401 g/mol. The summed E-state index contributed by atoms with van der Waals surface area (Å²) in [6.45, 7) is 2.86. The Morgan fingerprint density at radius 2 is 1.80 bits per heavy atom. The Balaban J connectivity index is 1.96. The molecule has 0 spiro atoms. The van der Waals surface area contributed by atoms with Gasteiger partial charge in [-0.3, -0.25) is 9.59 Å². The summed E-state index contributed by atoms with van der Waals surface area (Å²) in [7, 11) is 0. The molecule has 1 heterocycles. The first-order valence-corrected chi connectivity index (χ1v) is 8.65. The normalized spacial score (nSPS) is 16.5. The molecule has 0 bridgehead atoms. The summed E-state index contributed by atoms with van der Waals surface area (Å²) in [5.74, 6) is -0.0690. The summed E-state index contributed by atoms with van der Waals surface area (Å²) in [5, 5.41) is 5.99. The maximum absolute atomic E-state index is 12.1. The standard InChI is InChI=1S/C19H17BrN2O3/c1-12(23)22-18(14-7-9-15(20)10-8-14)11-17(21-22)16-5-3-4-6-19(16)25-13(2)24/h3-10,18H,11H2,1-2H3/t18-/m1/s1. The SMILES string of the molecule is CC(=O)Oc1ccccc1C1=NN(C(C)=O)[C@@H](c2ccc(Br)cc2)C1. The number of ether oxygens (including phenoxy) is 1. The Kier molecular flexibility index (Phi) is 4.99. The molecule has 3 rings (SSSR count). The van der Waals surface area contributed by atoms with Crippen molar-refractivity contribution in [3.63, 3.8) is 0 Å². The molecule has 0 aliphatic carbocycles. The van der Waals surface area contributed by atoms with Gasteiger partial charge in [0.15, 0.2) is 0 Å². The number of esters is 1. The molecule has 25 heavy (non-hydrogen) atoms. The van der Waals surface area contributed by atoms with Crippen molar-refractivity contribution in [2.24, 2.45) is 5.10 Å². The smallest absolute Gasteiger partial charge is 0.308 e. The van der Waals surface area contributed by atoms with Gasteiger partial charge in [-0.1, -0.05) is 40.2 Å². The maximum Gasteiger partial charge on any atom is 0.308 e. The van der Waals surface area contributed by atoms with Crippen LogP contribution in [0.4, 0.5) is 0 Å². The number of hydrazone groups is 1. The molecule has 0 saturated carbocycles. The molecule has 128 valence electrons. The molecule has 0 N–H and O–H groups in total. The van der Waals surface area contributed by atoms with Crippen LogP contribution in [0.15, 0.2) is 58.1 Å². The van der Waals surface area contributed by atoms with Crippen LogP contribution in [0.25, 0.3) is 0 Å². The summed E-state index contributed by atoms with van der Waals surface area (Å²) in [5.41, 5.74) is 2.45. The molecule has 0 unspecified atom stereocenters. The number of halogens is 1. The number of para-hydroxylation sites is 1. The number of amides is 1. The number of nitrogens with zero attached hydrogens (tertiary/aromatic N) is 2. The highest BCUT2D eigenvalue weighted by atomic mass is 79.9. The number of benzene rings is 2. The highest BCUT2D eigenvalue weighted by molar-refractivity contribution is 9.10. The molecular formula is C19H17BrN2O3. The second-order valence-corrected chi connectivity index (χ2v) is 6.69. The molecule has 0 aromatic heterocycles. The van der Waals surface area contributed by atoms with Crippen LogP contribution in [0, 0.1) is 0 Å². The maximum atomic E-state index is 12.1. The Morgan fingerprint density at radius 3 is 2.44 bits per heavy atom. The second kappa shape index (κ2) is 7.19. The Bertz CT molecular complexity index is 846. The Labute approximate surface area is 154 Å². The van der Waals surface area contributed by atoms with E-state index in [2.05, 4.69) is 21.0 Å². The van der Waals surface area contributed by atoms with E-state index in [0.29, 0.717) is 12.2 Å². The molecule has 2 aromatic rings. The summed E-state index contributed by atoms with van der Waals surface area (Å²) in [6, 6.07) is 14.9. The van der Waals surface area contributed by atoms with Crippen LogP contribution in [0.3, 0.4) is 0 Å². The van der Waals surface area contributed by atoms with Gasteiger partial charge in [-0.05, 0) is 29.8 Å². The molecule has 2 aromatic carbocycles. The first-order valence-electron chi connectivity index (χ1n) is 7.86. The Hall–Kier alpha value is -2.47. The van der Waals surface area contributed by atoms with Gasteiger partial charge in [0.25, 0.3) is 0 Å². The predicted octanol–water partition coefficient (Wildman–Crippen LogP) is 4.07. The van der Waals surface area contributed by atoms with Gasteiger partial charge >= 0.3 is 5.97 Å². The lowest BCUT2D eigenvalue weighted by Gasteiger charge is -2.20. The zero-order valence-corrected chi connectivity index (χ0v) is 15.5. The second-order valence-electron chi connectivity index (χ2n) is 5.77. The molecule has 0 fully saturated rings. The van der Waals surface area contributed by atoms with Crippen LogP contribution in [0.1, 0.15) is 37.4 Å². The zero-order valence-electron chi connectivity index (χ0n) is 13.9. The van der Waals surface area contributed by atoms with E-state index in [1.54, 1.807) is 12.1 Å². The average Bonchev–Trinajstić information content (AvgIpc) is 3.01. The summed E-state index contributed by atoms with van der Waals surface area (Å²) in [4.78, 5) is 23.4. The molecule has 1 amide bonds. The van der Waals surface area contributed by atoms with Gasteiger partial charge in [0, 0.05) is 30.3 Å². The zero-order chi connectivity index (χ0) is 18.0. The van der Waals surface area contributed by atoms with E-state index in [9.17, 15) is 9.59 Å². The minimum Gasteiger partial charge on any atom is -0.426 e. The lowest BCUT2D eigenvalue weighted by Crippen LogP contribution is -2.24. The van der Waals surface area contributed by atoms with Gasteiger partial charge in [-0.2, -0.15) is 5.10 Å². The van der Waals surface area contributed by atoms with E-state index in [1.807, 2.05) is 36.4 Å². The molecule has 1 aliphatic rings. The van der Waals surface area contributed by atoms with E-state index < -0.39 is 0 Å². The largest absolute Gasteiger partial charge is 0.426 e. The lowest BCUT2D eigenvalue weighted by atomic mass is 9.98. The van der Waals surface area contributed by atoms with E-state index in [1.165, 1.54) is 18.9 Å². The Morgan fingerprint density at radius 1 is 1.12 bits per heavy atom. The van der Waals surface area contributed by atoms with Gasteiger partial charge in [0.2, 0.25) is 5.91 Å². The fourth-order valence-electron chi connectivity index (χ4n) is 2.86. The van der Waals surface area contributed by atoms with Crippen LogP contribution in [-0.4, -0.2) is 22.6 Å². The van der Waals surface area contributed by atoms with Crippen LogP contribution in [0.2, 0.25) is 0 Å². The highest BCUT2D eigenvalue weighted by Gasteiger charge is 2.32. The van der Waals surface area contributed by atoms with Gasteiger partial charge < -0.3 is 4.74 Å². The number of rotatable bonds is 3. The van der Waals surface area contributed by atoms with Crippen molar-refractivity contribution in [1.29, 1.82) is 0 Å². The van der Waals surface area contributed by atoms with Crippen LogP contribution in [-0.2, 0) is 9.59 Å². The van der Waals surface area contributed by atoms with Crippen LogP contribution in [0.5, 0.6) is 5.75 Å². The predicted molar refractivity (Wildman–Crippen MR) is 98.3 cm³/mol. The van der Waals surface area contributed by atoms with Crippen molar-refractivity contribution < 1.29 is 14.3 Å². The number of carbonyl (C=O) groups excluding carboxylic acids is 2. The molecule has 0 saturated heterocycles. The van der Waals surface area contributed by atoms with E-state index >= 15 is 0 Å². The minimum absolute atomic E-state index is 0.132. The van der Waals surface area contributed by atoms with Crippen molar-refractivity contribution in [2.75, 3.05) is 0 Å². The third-order valence-electron chi connectivity index (χ3n) is 3.94.